The molecular weight excluding hydrogens is 224 g/mol. The summed E-state index contributed by atoms with van der Waals surface area (Å²) in [7, 11) is -3.20. The van der Waals surface area contributed by atoms with Crippen molar-refractivity contribution in [1.82, 2.24) is 0 Å². The maximum Gasteiger partial charge on any atom is 0.175 e. The molecule has 0 bridgehead atoms. The summed E-state index contributed by atoms with van der Waals surface area (Å²) in [6.07, 6.45) is 2.78. The molecule has 1 rings (SSSR count). The number of Topliss-reactive ketones (excluding diaryl/α,β-unsaturated/α-hetero) is 1. The van der Waals surface area contributed by atoms with E-state index < -0.39 is 9.84 Å². The van der Waals surface area contributed by atoms with Crippen molar-refractivity contribution in [2.24, 2.45) is 0 Å². The van der Waals surface area contributed by atoms with Crippen LogP contribution < -0.4 is 0 Å². The third-order valence-electron chi connectivity index (χ3n) is 2.40. The lowest BCUT2D eigenvalue weighted by molar-refractivity contribution is 0.101. The molecule has 1 aromatic rings. The number of sulfone groups is 1. The summed E-state index contributed by atoms with van der Waals surface area (Å²) in [5.74, 6) is -0.0245. The molecule has 88 valence electrons. The van der Waals surface area contributed by atoms with E-state index in [0.29, 0.717) is 5.56 Å². The van der Waals surface area contributed by atoms with Gasteiger partial charge in [0.1, 0.15) is 0 Å². The minimum absolute atomic E-state index is 0.0245. The highest BCUT2D eigenvalue weighted by Crippen LogP contribution is 2.18. The van der Waals surface area contributed by atoms with Crippen molar-refractivity contribution in [2.45, 2.75) is 31.6 Å². The lowest BCUT2D eigenvalue weighted by Crippen LogP contribution is -2.04. The van der Waals surface area contributed by atoms with Gasteiger partial charge >= 0.3 is 0 Å². The van der Waals surface area contributed by atoms with Crippen LogP contribution in [0.2, 0.25) is 0 Å². The molecule has 0 heterocycles. The second kappa shape index (κ2) is 4.78. The van der Waals surface area contributed by atoms with Crippen LogP contribution in [0, 0.1) is 0 Å². The molecule has 0 saturated carbocycles. The molecule has 0 unspecified atom stereocenters. The molecule has 16 heavy (non-hydrogen) atoms. The molecular formula is C12H16O3S. The number of hydrogen-bond acceptors (Lipinski definition) is 3. The topological polar surface area (TPSA) is 51.2 Å². The van der Waals surface area contributed by atoms with Gasteiger partial charge in [-0.25, -0.2) is 8.42 Å². The van der Waals surface area contributed by atoms with E-state index in [4.69, 9.17) is 0 Å². The number of benzene rings is 1. The summed E-state index contributed by atoms with van der Waals surface area (Å²) in [5, 5.41) is 0. The summed E-state index contributed by atoms with van der Waals surface area (Å²) < 4.78 is 22.8. The van der Waals surface area contributed by atoms with Crippen LogP contribution in [0.3, 0.4) is 0 Å². The van der Waals surface area contributed by atoms with Crippen molar-refractivity contribution >= 4 is 15.6 Å². The van der Waals surface area contributed by atoms with Crippen LogP contribution in [0.25, 0.3) is 0 Å². The van der Waals surface area contributed by atoms with Crippen LogP contribution in [0.15, 0.2) is 23.1 Å². The molecule has 3 nitrogen and oxygen atoms in total. The summed E-state index contributed by atoms with van der Waals surface area (Å²) in [4.78, 5) is 11.6. The molecule has 0 aromatic heterocycles. The van der Waals surface area contributed by atoms with Crippen molar-refractivity contribution < 1.29 is 13.2 Å². The first-order chi connectivity index (χ1) is 7.36. The molecule has 0 radical (unpaired) electrons. The van der Waals surface area contributed by atoms with E-state index in [0.717, 1.165) is 18.4 Å². The number of rotatable bonds is 4. The zero-order valence-electron chi connectivity index (χ0n) is 9.78. The van der Waals surface area contributed by atoms with E-state index in [1.54, 1.807) is 12.1 Å². The molecule has 0 saturated heterocycles. The van der Waals surface area contributed by atoms with E-state index in [1.165, 1.54) is 19.2 Å². The molecule has 0 aliphatic carbocycles. The Labute approximate surface area is 96.4 Å². The fraction of sp³-hybridized carbons (Fsp3) is 0.417. The molecule has 0 fully saturated rings. The molecule has 0 aliphatic rings. The van der Waals surface area contributed by atoms with Gasteiger partial charge in [0, 0.05) is 11.8 Å². The lowest BCUT2D eigenvalue weighted by atomic mass is 10.0. The SMILES string of the molecule is CCCc1cc(S(C)(=O)=O)ccc1C(C)=O. The van der Waals surface area contributed by atoms with Gasteiger partial charge in [0.25, 0.3) is 0 Å². The quantitative estimate of drug-likeness (QED) is 0.758. The summed E-state index contributed by atoms with van der Waals surface area (Å²) in [6.45, 7) is 3.49. The van der Waals surface area contributed by atoms with Gasteiger partial charge in [0.05, 0.1) is 4.90 Å². The average Bonchev–Trinajstić information content (AvgIpc) is 2.16. The first kappa shape index (κ1) is 12.9. The molecule has 0 amide bonds. The van der Waals surface area contributed by atoms with Crippen LogP contribution >= 0.6 is 0 Å². The van der Waals surface area contributed by atoms with Crippen molar-refractivity contribution in [3.63, 3.8) is 0 Å². The zero-order valence-corrected chi connectivity index (χ0v) is 10.6. The van der Waals surface area contributed by atoms with Gasteiger partial charge in [-0.1, -0.05) is 13.3 Å². The molecule has 0 N–H and O–H groups in total. The fourth-order valence-corrected chi connectivity index (χ4v) is 2.29. The van der Waals surface area contributed by atoms with Crippen LogP contribution in [0.4, 0.5) is 0 Å². The van der Waals surface area contributed by atoms with Crippen LogP contribution in [-0.2, 0) is 16.3 Å². The predicted octanol–water partition coefficient (Wildman–Crippen LogP) is 2.25. The average molecular weight is 240 g/mol. The summed E-state index contributed by atoms with van der Waals surface area (Å²) >= 11 is 0. The highest BCUT2D eigenvalue weighted by molar-refractivity contribution is 7.90. The normalized spacial score (nSPS) is 11.4. The van der Waals surface area contributed by atoms with Crippen LogP contribution in [0.5, 0.6) is 0 Å². The van der Waals surface area contributed by atoms with E-state index in [1.807, 2.05) is 6.92 Å². The van der Waals surface area contributed by atoms with Crippen molar-refractivity contribution in [1.29, 1.82) is 0 Å². The number of aryl methyl sites for hydroxylation is 1. The highest BCUT2D eigenvalue weighted by atomic mass is 32.2. The lowest BCUT2D eigenvalue weighted by Gasteiger charge is -2.07. The predicted molar refractivity (Wildman–Crippen MR) is 63.6 cm³/mol. The Balaban J connectivity index is 3.33. The van der Waals surface area contributed by atoms with Gasteiger partial charge in [-0.2, -0.15) is 0 Å². The van der Waals surface area contributed by atoms with Crippen LogP contribution in [0.1, 0.15) is 36.2 Å². The third-order valence-corrected chi connectivity index (χ3v) is 3.51. The van der Waals surface area contributed by atoms with E-state index >= 15 is 0 Å². The first-order valence-corrected chi connectivity index (χ1v) is 7.09. The standard InChI is InChI=1S/C12H16O3S/c1-4-5-10-8-11(16(3,14)15)6-7-12(10)9(2)13/h6-8H,4-5H2,1-3H3. The third kappa shape index (κ3) is 2.92. The van der Waals surface area contributed by atoms with E-state index in [9.17, 15) is 13.2 Å². The van der Waals surface area contributed by atoms with Gasteiger partial charge in [-0.15, -0.1) is 0 Å². The maximum atomic E-state index is 11.4. The Morgan fingerprint density at radius 2 is 1.94 bits per heavy atom. The van der Waals surface area contributed by atoms with Gasteiger partial charge in [0.15, 0.2) is 15.6 Å². The largest absolute Gasteiger partial charge is 0.295 e. The minimum atomic E-state index is -3.20. The molecule has 0 spiro atoms. The van der Waals surface area contributed by atoms with Crippen LogP contribution in [-0.4, -0.2) is 20.5 Å². The number of hydrogen-bond donors (Lipinski definition) is 0. The fourth-order valence-electron chi connectivity index (χ4n) is 1.62. The second-order valence-electron chi connectivity index (χ2n) is 3.90. The zero-order chi connectivity index (χ0) is 12.3. The Hall–Kier alpha value is -1.16. The Morgan fingerprint density at radius 3 is 2.38 bits per heavy atom. The number of carbonyl (C=O) groups is 1. The van der Waals surface area contributed by atoms with Crippen molar-refractivity contribution in [3.05, 3.63) is 29.3 Å². The molecule has 4 heteroatoms. The molecule has 1 aromatic carbocycles. The highest BCUT2D eigenvalue weighted by Gasteiger charge is 2.12. The maximum absolute atomic E-state index is 11.4. The first-order valence-electron chi connectivity index (χ1n) is 5.20. The Morgan fingerprint density at radius 1 is 1.31 bits per heavy atom. The smallest absolute Gasteiger partial charge is 0.175 e. The Bertz CT molecular complexity index is 501. The van der Waals surface area contributed by atoms with Crippen molar-refractivity contribution in [2.75, 3.05) is 6.26 Å². The van der Waals surface area contributed by atoms with Gasteiger partial charge < -0.3 is 0 Å². The Kier molecular flexibility index (Phi) is 3.86. The number of ketones is 1. The monoisotopic (exact) mass is 240 g/mol. The van der Waals surface area contributed by atoms with Gasteiger partial charge in [0.2, 0.25) is 0 Å². The number of carbonyl (C=O) groups excluding carboxylic acids is 1. The van der Waals surface area contributed by atoms with Gasteiger partial charge in [-0.3, -0.25) is 4.79 Å². The van der Waals surface area contributed by atoms with Crippen molar-refractivity contribution in [3.8, 4) is 0 Å². The minimum Gasteiger partial charge on any atom is -0.295 e. The molecule has 0 aliphatic heterocycles. The van der Waals surface area contributed by atoms with E-state index in [2.05, 4.69) is 0 Å². The van der Waals surface area contributed by atoms with E-state index in [-0.39, 0.29) is 10.7 Å². The summed E-state index contributed by atoms with van der Waals surface area (Å²) in [6, 6.07) is 4.70. The van der Waals surface area contributed by atoms with Gasteiger partial charge in [-0.05, 0) is 37.1 Å². The molecule has 0 atom stereocenters. The second-order valence-corrected chi connectivity index (χ2v) is 5.91. The summed E-state index contributed by atoms with van der Waals surface area (Å²) in [5.41, 5.74) is 1.44.